The number of hydrogen-bond donors (Lipinski definition) is 1. The number of rotatable bonds is 4. The second kappa shape index (κ2) is 6.75. The topological polar surface area (TPSA) is 15.3 Å². The Labute approximate surface area is 117 Å². The number of nitrogens with zero attached hydrogens (tertiary/aromatic N) is 1. The minimum absolute atomic E-state index is 0.227. The second-order valence-corrected chi connectivity index (χ2v) is 5.40. The molecule has 3 unspecified atom stereocenters. The van der Waals surface area contributed by atoms with Crippen molar-refractivity contribution < 1.29 is 0 Å². The molecule has 102 valence electrons. The molecule has 0 aliphatic carbocycles. The maximum atomic E-state index is 5.61. The van der Waals surface area contributed by atoms with Gasteiger partial charge in [0.1, 0.15) is 0 Å². The van der Waals surface area contributed by atoms with Crippen molar-refractivity contribution in [3.8, 4) is 12.3 Å². The van der Waals surface area contributed by atoms with Crippen molar-refractivity contribution in [3.05, 3.63) is 35.9 Å². The van der Waals surface area contributed by atoms with E-state index in [-0.39, 0.29) is 6.04 Å². The highest BCUT2D eigenvalue weighted by molar-refractivity contribution is 5.16. The summed E-state index contributed by atoms with van der Waals surface area (Å²) in [5.74, 6) is 2.88. The Morgan fingerprint density at radius 3 is 2.79 bits per heavy atom. The normalized spacial score (nSPS) is 25.7. The van der Waals surface area contributed by atoms with Crippen LogP contribution in [0.3, 0.4) is 0 Å². The van der Waals surface area contributed by atoms with Crippen molar-refractivity contribution in [2.45, 2.75) is 44.8 Å². The Morgan fingerprint density at radius 1 is 1.42 bits per heavy atom. The van der Waals surface area contributed by atoms with Gasteiger partial charge in [-0.1, -0.05) is 43.2 Å². The average molecular weight is 256 g/mol. The first-order valence-corrected chi connectivity index (χ1v) is 7.23. The number of terminal acetylenes is 1. The van der Waals surface area contributed by atoms with Crippen molar-refractivity contribution in [1.82, 2.24) is 10.2 Å². The Morgan fingerprint density at radius 2 is 2.16 bits per heavy atom. The molecule has 0 radical (unpaired) electrons. The van der Waals surface area contributed by atoms with Crippen LogP contribution in [0, 0.1) is 12.3 Å². The van der Waals surface area contributed by atoms with Crippen LogP contribution in [0.5, 0.6) is 0 Å². The predicted octanol–water partition coefficient (Wildman–Crippen LogP) is 2.30. The van der Waals surface area contributed by atoms with E-state index in [0.29, 0.717) is 12.1 Å². The summed E-state index contributed by atoms with van der Waals surface area (Å²) in [4.78, 5) is 2.48. The third kappa shape index (κ3) is 3.59. The minimum Gasteiger partial charge on any atom is -0.311 e. The fraction of sp³-hybridized carbons (Fsp3) is 0.529. The van der Waals surface area contributed by atoms with E-state index in [1.54, 1.807) is 0 Å². The summed E-state index contributed by atoms with van der Waals surface area (Å²) < 4.78 is 0. The number of piperazine rings is 1. The smallest absolute Gasteiger partial charge is 0.0686 e. The molecule has 1 heterocycles. The molecule has 1 aliphatic rings. The molecule has 0 bridgehead atoms. The highest BCUT2D eigenvalue weighted by atomic mass is 15.2. The first-order valence-electron chi connectivity index (χ1n) is 7.23. The van der Waals surface area contributed by atoms with Crippen molar-refractivity contribution >= 4 is 0 Å². The van der Waals surface area contributed by atoms with Crippen LogP contribution < -0.4 is 5.32 Å². The molecular formula is C17H24N2. The monoisotopic (exact) mass is 256 g/mol. The molecule has 1 saturated heterocycles. The molecule has 1 N–H and O–H groups in total. The Kier molecular flexibility index (Phi) is 5.01. The first kappa shape index (κ1) is 14.1. The predicted molar refractivity (Wildman–Crippen MR) is 81.0 cm³/mol. The molecule has 2 heteroatoms. The fourth-order valence-electron chi connectivity index (χ4n) is 2.87. The molecule has 19 heavy (non-hydrogen) atoms. The SMILES string of the molecule is C#CC(C)N1CC(Cc2ccccc2)NCC1CC. The Bertz CT molecular complexity index is 421. The van der Waals surface area contributed by atoms with Crippen LogP contribution >= 0.6 is 0 Å². The van der Waals surface area contributed by atoms with Gasteiger partial charge >= 0.3 is 0 Å². The molecule has 0 spiro atoms. The van der Waals surface area contributed by atoms with E-state index < -0.39 is 0 Å². The molecule has 1 fully saturated rings. The fourth-order valence-corrected chi connectivity index (χ4v) is 2.87. The quantitative estimate of drug-likeness (QED) is 0.832. The molecule has 2 nitrogen and oxygen atoms in total. The number of benzene rings is 1. The van der Waals surface area contributed by atoms with E-state index in [2.05, 4.69) is 60.3 Å². The van der Waals surface area contributed by atoms with E-state index >= 15 is 0 Å². The highest BCUT2D eigenvalue weighted by Gasteiger charge is 2.29. The van der Waals surface area contributed by atoms with Gasteiger partial charge in [0.15, 0.2) is 0 Å². The van der Waals surface area contributed by atoms with E-state index in [1.807, 2.05) is 0 Å². The van der Waals surface area contributed by atoms with Gasteiger partial charge in [-0.05, 0) is 25.3 Å². The largest absolute Gasteiger partial charge is 0.311 e. The Hall–Kier alpha value is -1.30. The molecule has 2 rings (SSSR count). The maximum absolute atomic E-state index is 5.61. The van der Waals surface area contributed by atoms with E-state index in [4.69, 9.17) is 6.42 Å². The van der Waals surface area contributed by atoms with Crippen LogP contribution in [0.25, 0.3) is 0 Å². The Balaban J connectivity index is 2.00. The van der Waals surface area contributed by atoms with Crippen molar-refractivity contribution in [3.63, 3.8) is 0 Å². The highest BCUT2D eigenvalue weighted by Crippen LogP contribution is 2.16. The summed E-state index contributed by atoms with van der Waals surface area (Å²) in [6.45, 7) is 6.45. The van der Waals surface area contributed by atoms with E-state index in [0.717, 1.165) is 25.9 Å². The number of hydrogen-bond acceptors (Lipinski definition) is 2. The van der Waals surface area contributed by atoms with Gasteiger partial charge in [-0.25, -0.2) is 0 Å². The molecule has 0 aromatic heterocycles. The van der Waals surface area contributed by atoms with Crippen molar-refractivity contribution in [2.75, 3.05) is 13.1 Å². The summed E-state index contributed by atoms with van der Waals surface area (Å²) in [7, 11) is 0. The van der Waals surface area contributed by atoms with Gasteiger partial charge in [-0.15, -0.1) is 6.42 Å². The van der Waals surface area contributed by atoms with Crippen LogP contribution in [-0.2, 0) is 6.42 Å². The molecule has 1 aliphatic heterocycles. The van der Waals surface area contributed by atoms with Crippen LogP contribution in [0.15, 0.2) is 30.3 Å². The van der Waals surface area contributed by atoms with Gasteiger partial charge in [0.05, 0.1) is 6.04 Å². The van der Waals surface area contributed by atoms with Crippen molar-refractivity contribution in [1.29, 1.82) is 0 Å². The summed E-state index contributed by atoms with van der Waals surface area (Å²) in [5, 5.41) is 3.67. The standard InChI is InChI=1S/C17H24N2/c1-4-14(3)19-13-16(18-12-17(19)5-2)11-15-9-7-6-8-10-15/h1,6-10,14,16-18H,5,11-13H2,2-3H3. The van der Waals surface area contributed by atoms with Crippen LogP contribution in [0.1, 0.15) is 25.8 Å². The van der Waals surface area contributed by atoms with Crippen LogP contribution in [0.4, 0.5) is 0 Å². The van der Waals surface area contributed by atoms with Crippen LogP contribution in [0.2, 0.25) is 0 Å². The van der Waals surface area contributed by atoms with Gasteiger partial charge in [-0.3, -0.25) is 4.90 Å². The zero-order valence-electron chi connectivity index (χ0n) is 12.0. The summed E-state index contributed by atoms with van der Waals surface area (Å²) in [6, 6.07) is 12.0. The van der Waals surface area contributed by atoms with Crippen LogP contribution in [-0.4, -0.2) is 36.1 Å². The van der Waals surface area contributed by atoms with Gasteiger partial charge in [0.2, 0.25) is 0 Å². The molecule has 0 amide bonds. The third-order valence-corrected chi connectivity index (χ3v) is 4.08. The zero-order valence-corrected chi connectivity index (χ0v) is 12.0. The van der Waals surface area contributed by atoms with E-state index in [1.165, 1.54) is 5.56 Å². The third-order valence-electron chi connectivity index (χ3n) is 4.08. The molecule has 0 saturated carbocycles. The molecular weight excluding hydrogens is 232 g/mol. The minimum atomic E-state index is 0.227. The number of nitrogens with one attached hydrogen (secondary N) is 1. The lowest BCUT2D eigenvalue weighted by Crippen LogP contribution is -2.59. The van der Waals surface area contributed by atoms with Crippen molar-refractivity contribution in [2.24, 2.45) is 0 Å². The van der Waals surface area contributed by atoms with Gasteiger partial charge in [-0.2, -0.15) is 0 Å². The van der Waals surface area contributed by atoms with Gasteiger partial charge < -0.3 is 5.32 Å². The lowest BCUT2D eigenvalue weighted by atomic mass is 9.99. The van der Waals surface area contributed by atoms with Gasteiger partial charge in [0, 0.05) is 25.2 Å². The average Bonchev–Trinajstić information content (AvgIpc) is 2.47. The summed E-state index contributed by atoms with van der Waals surface area (Å²) in [5.41, 5.74) is 1.39. The summed E-state index contributed by atoms with van der Waals surface area (Å²) in [6.07, 6.45) is 7.83. The van der Waals surface area contributed by atoms with Gasteiger partial charge in [0.25, 0.3) is 0 Å². The van der Waals surface area contributed by atoms with E-state index in [9.17, 15) is 0 Å². The summed E-state index contributed by atoms with van der Waals surface area (Å²) >= 11 is 0. The first-order chi connectivity index (χ1) is 9.24. The zero-order chi connectivity index (χ0) is 13.7. The maximum Gasteiger partial charge on any atom is 0.0686 e. The molecule has 1 aromatic carbocycles. The lowest BCUT2D eigenvalue weighted by molar-refractivity contribution is 0.109. The molecule has 3 atom stereocenters. The molecule has 1 aromatic rings. The lowest BCUT2D eigenvalue weighted by Gasteiger charge is -2.42. The second-order valence-electron chi connectivity index (χ2n) is 5.40.